The van der Waals surface area contributed by atoms with Crippen LogP contribution < -0.4 is 10.9 Å². The molecule has 2 bridgehead atoms. The van der Waals surface area contributed by atoms with E-state index in [9.17, 15) is 9.59 Å². The molecule has 30 heavy (non-hydrogen) atoms. The Labute approximate surface area is 186 Å². The van der Waals surface area contributed by atoms with Crippen molar-refractivity contribution in [3.8, 4) is 0 Å². The number of piperidine rings is 1. The molecule has 0 unspecified atom stereocenters. The largest absolute Gasteiger partial charge is 0.356 e. The zero-order valence-corrected chi connectivity index (χ0v) is 19.2. The first-order chi connectivity index (χ1) is 14.3. The molecule has 1 aromatic heterocycles. The third-order valence-electron chi connectivity index (χ3n) is 6.04. The summed E-state index contributed by atoms with van der Waals surface area (Å²) in [5.74, 6) is 0.683. The summed E-state index contributed by atoms with van der Waals surface area (Å²) in [4.78, 5) is 27.2. The van der Waals surface area contributed by atoms with Crippen LogP contribution in [0, 0.1) is 19.8 Å². The number of pyridine rings is 1. The zero-order valence-electron chi connectivity index (χ0n) is 17.6. The Hall–Kier alpha value is -2.12. The number of aromatic nitrogens is 1. The van der Waals surface area contributed by atoms with Crippen LogP contribution in [0.4, 0.5) is 5.69 Å². The van der Waals surface area contributed by atoms with E-state index in [4.69, 9.17) is 12.2 Å². The van der Waals surface area contributed by atoms with Gasteiger partial charge in [0.15, 0.2) is 0 Å². The quantitative estimate of drug-likeness (QED) is 0.732. The summed E-state index contributed by atoms with van der Waals surface area (Å²) in [7, 11) is 0. The average molecular weight is 442 g/mol. The monoisotopic (exact) mass is 441 g/mol. The maximum Gasteiger partial charge on any atom is 0.250 e. The molecule has 7 heteroatoms. The molecule has 0 radical (unpaired) electrons. The van der Waals surface area contributed by atoms with Crippen molar-refractivity contribution in [1.82, 2.24) is 9.47 Å². The van der Waals surface area contributed by atoms with Crippen molar-refractivity contribution in [2.75, 3.05) is 18.4 Å². The van der Waals surface area contributed by atoms with Crippen LogP contribution in [0.5, 0.6) is 0 Å². The number of carbonyl (C=O) groups is 1. The summed E-state index contributed by atoms with van der Waals surface area (Å²) < 4.78 is 2.69. The van der Waals surface area contributed by atoms with Crippen molar-refractivity contribution >= 4 is 39.9 Å². The Balaban J connectivity index is 1.40. The van der Waals surface area contributed by atoms with Gasteiger partial charge in [-0.25, -0.2) is 0 Å². The van der Waals surface area contributed by atoms with Crippen molar-refractivity contribution in [1.29, 1.82) is 0 Å². The van der Waals surface area contributed by atoms with Gasteiger partial charge in [-0.2, -0.15) is 0 Å². The highest BCUT2D eigenvalue weighted by Gasteiger charge is 2.35. The SMILES string of the molecule is Cc1ccc(C)c(NC(=O)[C@H](C)SC(=S)N2C[C@H]3C[C@@H](C2)c2cccc(=O)n2C3)c1. The molecule has 0 aliphatic carbocycles. The van der Waals surface area contributed by atoms with Gasteiger partial charge in [-0.15, -0.1) is 0 Å². The maximum atomic E-state index is 12.7. The lowest BCUT2D eigenvalue weighted by atomic mass is 9.83. The smallest absolute Gasteiger partial charge is 0.250 e. The topological polar surface area (TPSA) is 54.3 Å². The average Bonchev–Trinajstić information content (AvgIpc) is 2.71. The molecule has 4 rings (SSSR count). The summed E-state index contributed by atoms with van der Waals surface area (Å²) in [5, 5.41) is 2.76. The van der Waals surface area contributed by atoms with Crippen LogP contribution in [0.2, 0.25) is 0 Å². The van der Waals surface area contributed by atoms with E-state index in [1.807, 2.05) is 49.6 Å². The molecule has 3 atom stereocenters. The molecule has 2 aliphatic rings. The first kappa shape index (κ1) is 21.1. The summed E-state index contributed by atoms with van der Waals surface area (Å²) in [6, 6.07) is 11.6. The second-order valence-electron chi connectivity index (χ2n) is 8.44. The van der Waals surface area contributed by atoms with Gasteiger partial charge in [0.25, 0.3) is 5.56 Å². The molecule has 158 valence electrons. The number of amides is 1. The van der Waals surface area contributed by atoms with E-state index < -0.39 is 0 Å². The fraction of sp³-hybridized carbons (Fsp3) is 0.435. The number of fused-ring (bicyclic) bond motifs is 4. The van der Waals surface area contributed by atoms with Crippen LogP contribution in [0.3, 0.4) is 0 Å². The molecule has 3 heterocycles. The zero-order chi connectivity index (χ0) is 21.4. The first-order valence-electron chi connectivity index (χ1n) is 10.3. The fourth-order valence-electron chi connectivity index (χ4n) is 4.43. The molecule has 5 nitrogen and oxygen atoms in total. The molecule has 2 aliphatic heterocycles. The van der Waals surface area contributed by atoms with Gasteiger partial charge < -0.3 is 14.8 Å². The number of rotatable bonds is 3. The van der Waals surface area contributed by atoms with E-state index in [0.29, 0.717) is 11.8 Å². The van der Waals surface area contributed by atoms with Crippen LogP contribution in [0.15, 0.2) is 41.2 Å². The van der Waals surface area contributed by atoms with E-state index in [-0.39, 0.29) is 16.7 Å². The standard InChI is InChI=1S/C23H27N3O2S2/c1-14-7-8-15(2)19(9-14)24-22(28)16(3)30-23(29)25-11-17-10-18(13-25)20-5-4-6-21(27)26(20)12-17/h4-9,16-18H,10-13H2,1-3H3,(H,24,28)/t16-,17+,18-/m0/s1. The second kappa shape index (κ2) is 8.55. The van der Waals surface area contributed by atoms with Crippen molar-refractivity contribution in [3.63, 3.8) is 0 Å². The molecule has 1 amide bonds. The van der Waals surface area contributed by atoms with E-state index in [2.05, 4.69) is 16.3 Å². The van der Waals surface area contributed by atoms with Crippen molar-refractivity contribution in [2.24, 2.45) is 5.92 Å². The third-order valence-corrected chi connectivity index (χ3v) is 7.61. The van der Waals surface area contributed by atoms with Gasteiger partial charge in [-0.3, -0.25) is 9.59 Å². The Morgan fingerprint density at radius 1 is 1.20 bits per heavy atom. The molecule has 0 saturated carbocycles. The van der Waals surface area contributed by atoms with E-state index in [1.165, 1.54) is 11.8 Å². The van der Waals surface area contributed by atoms with Gasteiger partial charge in [0.2, 0.25) is 5.91 Å². The van der Waals surface area contributed by atoms with Gasteiger partial charge in [0, 0.05) is 43.0 Å². The highest BCUT2D eigenvalue weighted by Crippen LogP contribution is 2.36. The van der Waals surface area contributed by atoms with E-state index in [0.717, 1.165) is 52.9 Å². The number of hydrogen-bond acceptors (Lipinski definition) is 4. The number of thiocarbonyl (C=S) groups is 1. The van der Waals surface area contributed by atoms with E-state index in [1.54, 1.807) is 6.07 Å². The lowest BCUT2D eigenvalue weighted by Crippen LogP contribution is -2.48. The first-order valence-corrected chi connectivity index (χ1v) is 11.6. The minimum atomic E-state index is -0.283. The molecule has 2 aromatic rings. The number of nitrogens with one attached hydrogen (secondary N) is 1. The van der Waals surface area contributed by atoms with Crippen molar-refractivity contribution < 1.29 is 4.79 Å². The number of anilines is 1. The fourth-order valence-corrected chi connectivity index (χ4v) is 5.78. The Kier molecular flexibility index (Phi) is 6.02. The van der Waals surface area contributed by atoms with Gasteiger partial charge in [0.05, 0.1) is 5.25 Å². The summed E-state index contributed by atoms with van der Waals surface area (Å²) in [6.45, 7) is 8.30. The van der Waals surface area contributed by atoms with Gasteiger partial charge in [-0.1, -0.05) is 42.2 Å². The molecule has 0 spiro atoms. The molecular formula is C23H27N3O2S2. The highest BCUT2D eigenvalue weighted by atomic mass is 32.2. The van der Waals surface area contributed by atoms with Crippen LogP contribution >= 0.6 is 24.0 Å². The lowest BCUT2D eigenvalue weighted by Gasteiger charge is -2.43. The number of hydrogen-bond donors (Lipinski definition) is 1. The summed E-state index contributed by atoms with van der Waals surface area (Å²) in [6.07, 6.45) is 1.09. The Morgan fingerprint density at radius 2 is 2.00 bits per heavy atom. The molecule has 1 aromatic carbocycles. The van der Waals surface area contributed by atoms with Crippen LogP contribution in [-0.4, -0.2) is 38.0 Å². The molecule has 1 fully saturated rings. The normalized spacial score (nSPS) is 21.0. The minimum Gasteiger partial charge on any atom is -0.356 e. The van der Waals surface area contributed by atoms with Crippen LogP contribution in [-0.2, 0) is 11.3 Å². The number of thioether (sulfide) groups is 1. The summed E-state index contributed by atoms with van der Waals surface area (Å²) >= 11 is 7.17. The Morgan fingerprint density at radius 3 is 2.80 bits per heavy atom. The molecular weight excluding hydrogens is 414 g/mol. The van der Waals surface area contributed by atoms with E-state index >= 15 is 0 Å². The third kappa shape index (κ3) is 4.32. The maximum absolute atomic E-state index is 12.7. The predicted molar refractivity (Wildman–Crippen MR) is 127 cm³/mol. The molecule has 1 saturated heterocycles. The number of aryl methyl sites for hydroxylation is 2. The number of nitrogens with zero attached hydrogens (tertiary/aromatic N) is 2. The summed E-state index contributed by atoms with van der Waals surface area (Å²) in [5.41, 5.74) is 4.21. The number of benzene rings is 1. The van der Waals surface area contributed by atoms with Gasteiger partial charge >= 0.3 is 0 Å². The van der Waals surface area contributed by atoms with Crippen molar-refractivity contribution in [3.05, 3.63) is 63.6 Å². The van der Waals surface area contributed by atoms with Crippen molar-refractivity contribution in [2.45, 2.75) is 44.9 Å². The van der Waals surface area contributed by atoms with Gasteiger partial charge in [-0.05, 0) is 56.4 Å². The number of carbonyl (C=O) groups excluding carboxylic acids is 1. The van der Waals surface area contributed by atoms with Crippen LogP contribution in [0.25, 0.3) is 0 Å². The lowest BCUT2D eigenvalue weighted by molar-refractivity contribution is -0.115. The highest BCUT2D eigenvalue weighted by molar-refractivity contribution is 8.23. The molecule has 1 N–H and O–H groups in total. The predicted octanol–water partition coefficient (Wildman–Crippen LogP) is 3.93. The second-order valence-corrected chi connectivity index (χ2v) is 10.4. The number of likely N-dealkylation sites (tertiary alicyclic amines) is 1. The van der Waals surface area contributed by atoms with Crippen LogP contribution in [0.1, 0.15) is 36.1 Å². The van der Waals surface area contributed by atoms with Gasteiger partial charge in [0.1, 0.15) is 4.32 Å². The minimum absolute atomic E-state index is 0.0369. The Bertz CT molecular complexity index is 1050.